The zero-order valence-electron chi connectivity index (χ0n) is 23.6. The van der Waals surface area contributed by atoms with Gasteiger partial charge in [0, 0.05) is 28.9 Å². The number of pyridine rings is 1. The van der Waals surface area contributed by atoms with Crippen LogP contribution in [-0.4, -0.2) is 47.2 Å². The van der Waals surface area contributed by atoms with Crippen molar-refractivity contribution in [3.05, 3.63) is 88.6 Å². The lowest BCUT2D eigenvalue weighted by Gasteiger charge is -2.39. The molecule has 2 atom stereocenters. The minimum Gasteiger partial charge on any atom is -0.326 e. The van der Waals surface area contributed by atoms with Gasteiger partial charge >= 0.3 is 0 Å². The first-order chi connectivity index (χ1) is 20.1. The fourth-order valence-electron chi connectivity index (χ4n) is 6.62. The first-order valence-corrected chi connectivity index (χ1v) is 14.2. The normalized spacial score (nSPS) is 20.9. The maximum atomic E-state index is 14.1. The van der Waals surface area contributed by atoms with Gasteiger partial charge in [-0.25, -0.2) is 13.8 Å². The van der Waals surface area contributed by atoms with Gasteiger partial charge in [0.1, 0.15) is 24.0 Å². The van der Waals surface area contributed by atoms with E-state index in [9.17, 15) is 23.2 Å². The number of rotatable bonds is 6. The second kappa shape index (κ2) is 10.6. The van der Waals surface area contributed by atoms with Crippen molar-refractivity contribution in [3.8, 4) is 0 Å². The lowest BCUT2D eigenvalue weighted by Crippen LogP contribution is -2.50. The number of hydrogen-bond acceptors (Lipinski definition) is 5. The molecule has 0 unspecified atom stereocenters. The van der Waals surface area contributed by atoms with Crippen LogP contribution in [0.2, 0.25) is 0 Å². The van der Waals surface area contributed by atoms with E-state index in [0.29, 0.717) is 50.3 Å². The molecular weight excluding hydrogens is 540 g/mol. The Morgan fingerprint density at radius 3 is 2.50 bits per heavy atom. The molecule has 1 saturated heterocycles. The highest BCUT2D eigenvalue weighted by molar-refractivity contribution is 6.06. The summed E-state index contributed by atoms with van der Waals surface area (Å²) >= 11 is 0. The number of nitrogens with zero attached hydrogens (tertiary/aromatic N) is 2. The molecule has 0 saturated carbocycles. The molecule has 6 rings (SSSR count). The van der Waals surface area contributed by atoms with Gasteiger partial charge in [-0.3, -0.25) is 14.4 Å². The number of aromatic nitrogens is 1. The second-order valence-corrected chi connectivity index (χ2v) is 11.9. The molecule has 1 spiro atoms. The maximum absolute atomic E-state index is 14.1. The highest BCUT2D eigenvalue weighted by atomic mass is 19.1. The predicted molar refractivity (Wildman–Crippen MR) is 154 cm³/mol. The van der Waals surface area contributed by atoms with Crippen LogP contribution < -0.4 is 16.0 Å². The third kappa shape index (κ3) is 4.93. The molecule has 1 aromatic heterocycles. The van der Waals surface area contributed by atoms with E-state index in [4.69, 9.17) is 0 Å². The van der Waals surface area contributed by atoms with E-state index in [1.165, 1.54) is 17.0 Å². The Hall–Kier alpha value is -4.18. The molecule has 3 amide bonds. The van der Waals surface area contributed by atoms with E-state index in [-0.39, 0.29) is 23.9 Å². The van der Waals surface area contributed by atoms with Gasteiger partial charge in [-0.15, -0.1) is 0 Å². The molecule has 1 aliphatic carbocycles. The van der Waals surface area contributed by atoms with E-state index >= 15 is 0 Å². The van der Waals surface area contributed by atoms with Crippen LogP contribution >= 0.6 is 0 Å². The average molecular weight is 574 g/mol. The summed E-state index contributed by atoms with van der Waals surface area (Å²) in [6.45, 7) is 4.60. The molecule has 2 aromatic carbocycles. The average Bonchev–Trinajstić information content (AvgIpc) is 3.47. The SMILES string of the molecule is C[C@H](c1cc(F)cc(F)c1)N(CC(=O)Nc1ccc2c(c1)C[C@@]1(C2)C(=O)Nc2ncccc21)C(=O)C1(C)CCNCC1. The maximum Gasteiger partial charge on any atom is 0.244 e. The Balaban J connectivity index is 1.22. The number of amides is 3. The first-order valence-electron chi connectivity index (χ1n) is 14.2. The molecule has 0 bridgehead atoms. The Kier molecular flexibility index (Phi) is 7.04. The molecule has 3 heterocycles. The highest BCUT2D eigenvalue weighted by Crippen LogP contribution is 2.47. The largest absolute Gasteiger partial charge is 0.326 e. The summed E-state index contributed by atoms with van der Waals surface area (Å²) < 4.78 is 28.2. The Morgan fingerprint density at radius 2 is 1.76 bits per heavy atom. The van der Waals surface area contributed by atoms with Gasteiger partial charge < -0.3 is 20.9 Å². The van der Waals surface area contributed by atoms with Gasteiger partial charge in [0.25, 0.3) is 0 Å². The van der Waals surface area contributed by atoms with Crippen molar-refractivity contribution in [2.75, 3.05) is 30.3 Å². The minimum absolute atomic E-state index is 0.0821. The number of carbonyl (C=O) groups excluding carboxylic acids is 3. The van der Waals surface area contributed by atoms with Crippen LogP contribution in [0.1, 0.15) is 55.0 Å². The second-order valence-electron chi connectivity index (χ2n) is 11.9. The van der Waals surface area contributed by atoms with Crippen molar-refractivity contribution in [1.82, 2.24) is 15.2 Å². The van der Waals surface area contributed by atoms with Crippen LogP contribution in [0.3, 0.4) is 0 Å². The molecule has 218 valence electrons. The molecule has 0 radical (unpaired) electrons. The summed E-state index contributed by atoms with van der Waals surface area (Å²) in [5.74, 6) is -1.64. The van der Waals surface area contributed by atoms with Crippen LogP contribution in [0, 0.1) is 17.0 Å². The topological polar surface area (TPSA) is 103 Å². The third-order valence-corrected chi connectivity index (χ3v) is 9.10. The Labute approximate surface area is 242 Å². The van der Waals surface area contributed by atoms with E-state index in [1.807, 2.05) is 31.2 Å². The van der Waals surface area contributed by atoms with Crippen LogP contribution in [0.15, 0.2) is 54.7 Å². The summed E-state index contributed by atoms with van der Waals surface area (Å²) in [5, 5.41) is 9.05. The van der Waals surface area contributed by atoms with Crippen LogP contribution in [-0.2, 0) is 32.6 Å². The lowest BCUT2D eigenvalue weighted by atomic mass is 9.79. The van der Waals surface area contributed by atoms with Gasteiger partial charge in [0.2, 0.25) is 17.7 Å². The predicted octanol–water partition coefficient (Wildman–Crippen LogP) is 4.27. The summed E-state index contributed by atoms with van der Waals surface area (Å²) in [4.78, 5) is 46.1. The van der Waals surface area contributed by atoms with Crippen LogP contribution in [0.5, 0.6) is 0 Å². The smallest absolute Gasteiger partial charge is 0.244 e. The highest BCUT2D eigenvalue weighted by Gasteiger charge is 2.51. The Bertz CT molecular complexity index is 1570. The van der Waals surface area contributed by atoms with Gasteiger partial charge in [-0.05, 0) is 92.7 Å². The van der Waals surface area contributed by atoms with E-state index in [2.05, 4.69) is 20.9 Å². The number of nitrogens with one attached hydrogen (secondary N) is 3. The molecule has 3 aromatic rings. The number of benzene rings is 2. The molecule has 3 aliphatic rings. The first kappa shape index (κ1) is 28.0. The molecule has 42 heavy (non-hydrogen) atoms. The third-order valence-electron chi connectivity index (χ3n) is 9.10. The minimum atomic E-state index is -0.743. The van der Waals surface area contributed by atoms with Gasteiger partial charge in [0.15, 0.2) is 0 Å². The number of carbonyl (C=O) groups is 3. The molecular formula is C32H33F2N5O3. The number of fused-ring (bicyclic) bond motifs is 3. The summed E-state index contributed by atoms with van der Waals surface area (Å²) in [7, 11) is 0. The van der Waals surface area contributed by atoms with Crippen LogP contribution in [0.4, 0.5) is 20.3 Å². The number of piperidine rings is 1. The quantitative estimate of drug-likeness (QED) is 0.409. The molecule has 10 heteroatoms. The van der Waals surface area contributed by atoms with Crippen molar-refractivity contribution in [1.29, 1.82) is 0 Å². The molecule has 8 nitrogen and oxygen atoms in total. The molecule has 3 N–H and O–H groups in total. The summed E-state index contributed by atoms with van der Waals surface area (Å²) in [6.07, 6.45) is 3.85. The van der Waals surface area contributed by atoms with Crippen molar-refractivity contribution in [2.45, 2.75) is 51.0 Å². The Morgan fingerprint density at radius 1 is 1.05 bits per heavy atom. The lowest BCUT2D eigenvalue weighted by molar-refractivity contribution is -0.147. The standard InChI is InChI=1S/C32H33F2N5O3/c1-19(21-12-23(33)15-24(34)13-21)39(30(42)31(2)7-10-35-11-8-31)18-27(40)37-25-6-5-20-16-32(17-22(20)14-25)26-4-3-9-36-28(26)38-29(32)41/h3-6,9,12-15,19,35H,7-8,10-11,16-18H2,1-2H3,(H,37,40)(H,36,38,41)/t19-,32-/m1/s1. The zero-order chi connectivity index (χ0) is 29.6. The van der Waals surface area contributed by atoms with Crippen LogP contribution in [0.25, 0.3) is 0 Å². The van der Waals surface area contributed by atoms with E-state index < -0.39 is 34.4 Å². The van der Waals surface area contributed by atoms with Crippen molar-refractivity contribution in [3.63, 3.8) is 0 Å². The van der Waals surface area contributed by atoms with Crippen molar-refractivity contribution < 1.29 is 23.2 Å². The molecule has 2 aliphatic heterocycles. The zero-order valence-corrected chi connectivity index (χ0v) is 23.6. The van der Waals surface area contributed by atoms with E-state index in [1.54, 1.807) is 19.2 Å². The van der Waals surface area contributed by atoms with Crippen molar-refractivity contribution in [2.24, 2.45) is 5.41 Å². The summed E-state index contributed by atoms with van der Waals surface area (Å²) in [6, 6.07) is 11.8. The molecule has 1 fully saturated rings. The van der Waals surface area contributed by atoms with Crippen molar-refractivity contribution >= 4 is 29.2 Å². The fraction of sp³-hybridized carbons (Fsp3) is 0.375. The number of hydrogen-bond donors (Lipinski definition) is 3. The summed E-state index contributed by atoms with van der Waals surface area (Å²) in [5.41, 5.74) is 2.25. The van der Waals surface area contributed by atoms with Gasteiger partial charge in [0.05, 0.1) is 11.5 Å². The number of halogens is 2. The monoisotopic (exact) mass is 573 g/mol. The van der Waals surface area contributed by atoms with Gasteiger partial charge in [-0.1, -0.05) is 19.1 Å². The fourth-order valence-corrected chi connectivity index (χ4v) is 6.62. The van der Waals surface area contributed by atoms with Gasteiger partial charge in [-0.2, -0.15) is 0 Å². The van der Waals surface area contributed by atoms with E-state index in [0.717, 1.165) is 22.8 Å². The number of anilines is 2.